The fourth-order valence-corrected chi connectivity index (χ4v) is 1.81. The van der Waals surface area contributed by atoms with Crippen LogP contribution in [-0.4, -0.2) is 22.6 Å². The molecular formula is C15H16FN3O3. The molecule has 6 nitrogen and oxygen atoms in total. The largest absolute Gasteiger partial charge is 0.433 e. The summed E-state index contributed by atoms with van der Waals surface area (Å²) in [5, 5.41) is 3.71. The van der Waals surface area contributed by atoms with Gasteiger partial charge >= 0.3 is 6.09 Å². The number of benzene rings is 1. The van der Waals surface area contributed by atoms with Crippen molar-refractivity contribution < 1.29 is 18.7 Å². The molecule has 2 amide bonds. The lowest BCUT2D eigenvalue weighted by molar-refractivity contribution is -0.134. The van der Waals surface area contributed by atoms with Crippen molar-refractivity contribution in [2.24, 2.45) is 5.73 Å². The van der Waals surface area contributed by atoms with Crippen molar-refractivity contribution in [2.75, 3.05) is 5.32 Å². The molecule has 0 aliphatic rings. The molecule has 2 rings (SSSR count). The zero-order chi connectivity index (χ0) is 16.3. The van der Waals surface area contributed by atoms with Crippen LogP contribution in [0.4, 0.5) is 15.0 Å². The molecule has 0 saturated carbocycles. The average molecular weight is 305 g/mol. The number of anilines is 1. The molecule has 0 fully saturated rings. The number of carbonyl (C=O) groups excluding carboxylic acids is 2. The third kappa shape index (κ3) is 3.30. The van der Waals surface area contributed by atoms with E-state index in [2.05, 4.69) is 10.3 Å². The number of pyridine rings is 1. The molecule has 3 N–H and O–H groups in total. The minimum Gasteiger partial charge on any atom is -0.433 e. The number of primary amides is 1. The van der Waals surface area contributed by atoms with Gasteiger partial charge in [0.15, 0.2) is 5.60 Å². The van der Waals surface area contributed by atoms with Gasteiger partial charge in [-0.1, -0.05) is 6.92 Å². The summed E-state index contributed by atoms with van der Waals surface area (Å²) < 4.78 is 18.3. The van der Waals surface area contributed by atoms with Crippen LogP contribution in [0.1, 0.15) is 20.3 Å². The zero-order valence-electron chi connectivity index (χ0n) is 12.2. The van der Waals surface area contributed by atoms with E-state index >= 15 is 0 Å². The Balaban J connectivity index is 2.16. The minimum absolute atomic E-state index is 0.186. The average Bonchev–Trinajstić information content (AvgIpc) is 2.46. The number of hydrogen-bond donors (Lipinski definition) is 2. The SMILES string of the molecule is CCC(C)(OC(=O)Nc1cc2cc(F)ccc2cn1)C(N)=O. The summed E-state index contributed by atoms with van der Waals surface area (Å²) in [5.41, 5.74) is 3.82. The van der Waals surface area contributed by atoms with Gasteiger partial charge in [-0.15, -0.1) is 0 Å². The number of fused-ring (bicyclic) bond motifs is 1. The lowest BCUT2D eigenvalue weighted by Gasteiger charge is -2.24. The Labute approximate surface area is 126 Å². The fourth-order valence-electron chi connectivity index (χ4n) is 1.81. The zero-order valence-corrected chi connectivity index (χ0v) is 12.2. The molecule has 1 atom stereocenters. The van der Waals surface area contributed by atoms with E-state index in [0.29, 0.717) is 5.39 Å². The van der Waals surface area contributed by atoms with Crippen LogP contribution in [0, 0.1) is 5.82 Å². The molecule has 0 spiro atoms. The number of amides is 2. The van der Waals surface area contributed by atoms with Crippen LogP contribution in [0.25, 0.3) is 10.8 Å². The number of nitrogens with one attached hydrogen (secondary N) is 1. The third-order valence-corrected chi connectivity index (χ3v) is 3.43. The standard InChI is InChI=1S/C15H16FN3O3/c1-3-15(2,13(17)20)22-14(21)19-12-7-10-6-11(16)5-4-9(10)8-18-12/h4-8H,3H2,1-2H3,(H2,17,20)(H,18,19,21). The van der Waals surface area contributed by atoms with Crippen LogP contribution in [0.3, 0.4) is 0 Å². The fraction of sp³-hybridized carbons (Fsp3) is 0.267. The number of carbonyl (C=O) groups is 2. The molecule has 116 valence electrons. The highest BCUT2D eigenvalue weighted by Crippen LogP contribution is 2.19. The van der Waals surface area contributed by atoms with Gasteiger partial charge in [0.25, 0.3) is 5.91 Å². The first kappa shape index (κ1) is 15.7. The number of nitrogens with two attached hydrogens (primary N) is 1. The van der Waals surface area contributed by atoms with Crippen LogP contribution in [-0.2, 0) is 9.53 Å². The van der Waals surface area contributed by atoms with Gasteiger partial charge in [0.1, 0.15) is 11.6 Å². The highest BCUT2D eigenvalue weighted by molar-refractivity contribution is 5.91. The first-order chi connectivity index (χ1) is 10.3. The van der Waals surface area contributed by atoms with Crippen molar-refractivity contribution in [3.05, 3.63) is 36.3 Å². The summed E-state index contributed by atoms with van der Waals surface area (Å²) in [6.07, 6.45) is 0.885. The number of nitrogens with zero attached hydrogens (tertiary/aromatic N) is 1. The van der Waals surface area contributed by atoms with Crippen molar-refractivity contribution in [1.29, 1.82) is 0 Å². The maximum absolute atomic E-state index is 13.2. The number of halogens is 1. The first-order valence-electron chi connectivity index (χ1n) is 6.69. The van der Waals surface area contributed by atoms with Crippen LogP contribution in [0.5, 0.6) is 0 Å². The molecular weight excluding hydrogens is 289 g/mol. The molecule has 0 saturated heterocycles. The number of rotatable bonds is 4. The van der Waals surface area contributed by atoms with E-state index in [4.69, 9.17) is 10.5 Å². The Morgan fingerprint density at radius 3 is 2.73 bits per heavy atom. The third-order valence-electron chi connectivity index (χ3n) is 3.43. The number of aromatic nitrogens is 1. The molecule has 0 aliphatic carbocycles. The first-order valence-corrected chi connectivity index (χ1v) is 6.69. The van der Waals surface area contributed by atoms with Crippen molar-refractivity contribution in [1.82, 2.24) is 4.98 Å². The Bertz CT molecular complexity index is 735. The highest BCUT2D eigenvalue weighted by Gasteiger charge is 2.33. The van der Waals surface area contributed by atoms with Gasteiger partial charge in [0.05, 0.1) is 0 Å². The van der Waals surface area contributed by atoms with Crippen LogP contribution < -0.4 is 11.1 Å². The Kier molecular flexibility index (Phi) is 4.25. The van der Waals surface area contributed by atoms with E-state index in [-0.39, 0.29) is 18.1 Å². The molecule has 0 bridgehead atoms. The molecule has 1 aromatic heterocycles. The van der Waals surface area contributed by atoms with Crippen LogP contribution in [0.2, 0.25) is 0 Å². The van der Waals surface area contributed by atoms with Crippen molar-refractivity contribution in [2.45, 2.75) is 25.9 Å². The minimum atomic E-state index is -1.40. The van der Waals surface area contributed by atoms with Gasteiger partial charge < -0.3 is 10.5 Å². The van der Waals surface area contributed by atoms with E-state index in [1.54, 1.807) is 13.0 Å². The highest BCUT2D eigenvalue weighted by atomic mass is 19.1. The van der Waals surface area contributed by atoms with Crippen LogP contribution in [0.15, 0.2) is 30.5 Å². The van der Waals surface area contributed by atoms with Crippen molar-refractivity contribution in [3.8, 4) is 0 Å². The molecule has 1 heterocycles. The maximum atomic E-state index is 13.2. The number of hydrogen-bond acceptors (Lipinski definition) is 4. The second-order valence-corrected chi connectivity index (χ2v) is 5.02. The summed E-state index contributed by atoms with van der Waals surface area (Å²) in [7, 11) is 0. The summed E-state index contributed by atoms with van der Waals surface area (Å²) in [4.78, 5) is 27.2. The van der Waals surface area contributed by atoms with Gasteiger partial charge in [0.2, 0.25) is 0 Å². The molecule has 22 heavy (non-hydrogen) atoms. The van der Waals surface area contributed by atoms with E-state index < -0.39 is 17.6 Å². The van der Waals surface area contributed by atoms with E-state index in [0.717, 1.165) is 5.39 Å². The van der Waals surface area contributed by atoms with E-state index in [1.165, 1.54) is 31.3 Å². The lowest BCUT2D eigenvalue weighted by Crippen LogP contribution is -2.45. The molecule has 1 unspecified atom stereocenters. The lowest BCUT2D eigenvalue weighted by atomic mass is 10.0. The normalized spacial score (nSPS) is 13.4. The molecule has 0 aliphatic heterocycles. The maximum Gasteiger partial charge on any atom is 0.413 e. The van der Waals surface area contributed by atoms with E-state index in [1.807, 2.05) is 0 Å². The van der Waals surface area contributed by atoms with Gasteiger partial charge in [-0.3, -0.25) is 10.1 Å². The summed E-state index contributed by atoms with van der Waals surface area (Å²) in [6.45, 7) is 3.10. The molecule has 7 heteroatoms. The number of ether oxygens (including phenoxy) is 1. The predicted octanol–water partition coefficient (Wildman–Crippen LogP) is 2.58. The Morgan fingerprint density at radius 2 is 2.09 bits per heavy atom. The summed E-state index contributed by atoms with van der Waals surface area (Å²) in [5.74, 6) is -0.941. The molecule has 1 aromatic carbocycles. The predicted molar refractivity (Wildman–Crippen MR) is 79.7 cm³/mol. The van der Waals surface area contributed by atoms with Crippen molar-refractivity contribution in [3.63, 3.8) is 0 Å². The second-order valence-electron chi connectivity index (χ2n) is 5.02. The molecule has 2 aromatic rings. The smallest absolute Gasteiger partial charge is 0.413 e. The van der Waals surface area contributed by atoms with Gasteiger partial charge in [0, 0.05) is 11.6 Å². The topological polar surface area (TPSA) is 94.3 Å². The molecule has 0 radical (unpaired) electrons. The van der Waals surface area contributed by atoms with Gasteiger partial charge in [-0.25, -0.2) is 14.2 Å². The Hall–Kier alpha value is -2.70. The van der Waals surface area contributed by atoms with Crippen LogP contribution >= 0.6 is 0 Å². The van der Waals surface area contributed by atoms with Gasteiger partial charge in [-0.05, 0) is 43.0 Å². The van der Waals surface area contributed by atoms with E-state index in [9.17, 15) is 14.0 Å². The Morgan fingerprint density at radius 1 is 1.36 bits per heavy atom. The summed E-state index contributed by atoms with van der Waals surface area (Å²) >= 11 is 0. The second kappa shape index (κ2) is 5.97. The summed E-state index contributed by atoms with van der Waals surface area (Å²) in [6, 6.07) is 5.74. The quantitative estimate of drug-likeness (QED) is 0.907. The van der Waals surface area contributed by atoms with Crippen molar-refractivity contribution >= 4 is 28.6 Å². The monoisotopic (exact) mass is 305 g/mol. The van der Waals surface area contributed by atoms with Gasteiger partial charge in [-0.2, -0.15) is 0 Å².